The maximum absolute atomic E-state index is 12.5. The van der Waals surface area contributed by atoms with E-state index >= 15 is 0 Å². The molecule has 128 valence electrons. The van der Waals surface area contributed by atoms with Crippen LogP contribution in [-0.4, -0.2) is 57.7 Å². The molecule has 7 heteroatoms. The van der Waals surface area contributed by atoms with Gasteiger partial charge in [-0.05, 0) is 31.9 Å². The fraction of sp³-hybridized carbons (Fsp3) is 0.562. The first-order chi connectivity index (χ1) is 10.9. The minimum Gasteiger partial charge on any atom is -0.312 e. The highest BCUT2D eigenvalue weighted by Crippen LogP contribution is 2.15. The van der Waals surface area contributed by atoms with Crippen molar-refractivity contribution in [3.05, 3.63) is 30.3 Å². The maximum atomic E-state index is 12.5. The Morgan fingerprint density at radius 2 is 1.87 bits per heavy atom. The molecule has 0 saturated carbocycles. The number of sulfonamides is 1. The fourth-order valence-electron chi connectivity index (χ4n) is 2.90. The van der Waals surface area contributed by atoms with E-state index in [1.807, 2.05) is 37.3 Å². The quantitative estimate of drug-likeness (QED) is 0.841. The third kappa shape index (κ3) is 5.60. The van der Waals surface area contributed by atoms with Crippen LogP contribution < -0.4 is 9.62 Å². The number of piperidine rings is 1. The highest BCUT2D eigenvalue weighted by Gasteiger charge is 2.24. The minimum absolute atomic E-state index is 0.0206. The van der Waals surface area contributed by atoms with Gasteiger partial charge in [0, 0.05) is 31.4 Å². The Morgan fingerprint density at radius 3 is 2.39 bits per heavy atom. The predicted octanol–water partition coefficient (Wildman–Crippen LogP) is 1.05. The third-order valence-corrected chi connectivity index (χ3v) is 4.77. The lowest BCUT2D eigenvalue weighted by atomic mass is 10.1. The van der Waals surface area contributed by atoms with Crippen molar-refractivity contribution in [2.45, 2.75) is 25.8 Å². The number of likely N-dealkylation sites (tertiary alicyclic amines) is 1. The van der Waals surface area contributed by atoms with E-state index < -0.39 is 10.0 Å². The second-order valence-electron chi connectivity index (χ2n) is 5.91. The summed E-state index contributed by atoms with van der Waals surface area (Å²) in [5.74, 6) is 0.0771. The predicted molar refractivity (Wildman–Crippen MR) is 91.9 cm³/mol. The van der Waals surface area contributed by atoms with Gasteiger partial charge in [0.15, 0.2) is 0 Å². The van der Waals surface area contributed by atoms with Crippen molar-refractivity contribution in [2.24, 2.45) is 0 Å². The average molecular weight is 339 g/mol. The van der Waals surface area contributed by atoms with Crippen LogP contribution in [0.15, 0.2) is 30.3 Å². The van der Waals surface area contributed by atoms with Crippen molar-refractivity contribution >= 4 is 21.6 Å². The van der Waals surface area contributed by atoms with Gasteiger partial charge in [-0.2, -0.15) is 0 Å². The van der Waals surface area contributed by atoms with E-state index in [9.17, 15) is 13.2 Å². The smallest absolute Gasteiger partial charge is 0.241 e. The number of carbonyl (C=O) groups is 1. The maximum Gasteiger partial charge on any atom is 0.241 e. The Kier molecular flexibility index (Phi) is 6.15. The molecule has 23 heavy (non-hydrogen) atoms. The zero-order chi connectivity index (χ0) is 16.9. The van der Waals surface area contributed by atoms with Gasteiger partial charge in [-0.15, -0.1) is 0 Å². The van der Waals surface area contributed by atoms with Crippen LogP contribution in [0.4, 0.5) is 5.69 Å². The SMILES string of the molecule is CCN(C(=O)CN1CCC(NS(C)(=O)=O)CC1)c1ccccc1. The first kappa shape index (κ1) is 17.9. The van der Waals surface area contributed by atoms with Crippen LogP contribution in [0.1, 0.15) is 19.8 Å². The lowest BCUT2D eigenvalue weighted by molar-refractivity contribution is -0.120. The van der Waals surface area contributed by atoms with Crippen molar-refractivity contribution in [1.29, 1.82) is 0 Å². The highest BCUT2D eigenvalue weighted by atomic mass is 32.2. The van der Waals surface area contributed by atoms with Gasteiger partial charge in [0.2, 0.25) is 15.9 Å². The van der Waals surface area contributed by atoms with Gasteiger partial charge in [0.1, 0.15) is 0 Å². The number of carbonyl (C=O) groups excluding carboxylic acids is 1. The van der Waals surface area contributed by atoms with Gasteiger partial charge >= 0.3 is 0 Å². The molecule has 0 radical (unpaired) electrons. The molecule has 2 rings (SSSR count). The average Bonchev–Trinajstić information content (AvgIpc) is 2.50. The number of nitrogens with zero attached hydrogens (tertiary/aromatic N) is 2. The van der Waals surface area contributed by atoms with Crippen molar-refractivity contribution < 1.29 is 13.2 Å². The molecule has 1 aromatic rings. The molecule has 1 saturated heterocycles. The number of anilines is 1. The molecule has 0 aromatic heterocycles. The summed E-state index contributed by atoms with van der Waals surface area (Å²) in [7, 11) is -3.16. The topological polar surface area (TPSA) is 69.7 Å². The molecular weight excluding hydrogens is 314 g/mol. The number of amides is 1. The van der Waals surface area contributed by atoms with E-state index in [1.165, 1.54) is 6.26 Å². The summed E-state index contributed by atoms with van der Waals surface area (Å²) in [6.45, 7) is 4.42. The van der Waals surface area contributed by atoms with Crippen LogP contribution in [0, 0.1) is 0 Å². The van der Waals surface area contributed by atoms with Crippen LogP contribution in [0.25, 0.3) is 0 Å². The van der Waals surface area contributed by atoms with E-state index in [0.29, 0.717) is 13.1 Å². The molecule has 1 aliphatic heterocycles. The van der Waals surface area contributed by atoms with Crippen molar-refractivity contribution in [3.8, 4) is 0 Å². The number of likely N-dealkylation sites (N-methyl/N-ethyl adjacent to an activating group) is 1. The zero-order valence-corrected chi connectivity index (χ0v) is 14.6. The Balaban J connectivity index is 1.87. The zero-order valence-electron chi connectivity index (χ0n) is 13.7. The fourth-order valence-corrected chi connectivity index (χ4v) is 3.74. The number of nitrogens with one attached hydrogen (secondary N) is 1. The lowest BCUT2D eigenvalue weighted by Crippen LogP contribution is -2.48. The van der Waals surface area contributed by atoms with Gasteiger partial charge in [-0.3, -0.25) is 9.69 Å². The highest BCUT2D eigenvalue weighted by molar-refractivity contribution is 7.88. The van der Waals surface area contributed by atoms with Crippen LogP contribution in [0.5, 0.6) is 0 Å². The van der Waals surface area contributed by atoms with Gasteiger partial charge in [0.25, 0.3) is 0 Å². The van der Waals surface area contributed by atoms with Gasteiger partial charge in [-0.25, -0.2) is 13.1 Å². The largest absolute Gasteiger partial charge is 0.312 e. The van der Waals surface area contributed by atoms with E-state index in [4.69, 9.17) is 0 Å². The van der Waals surface area contributed by atoms with Crippen LogP contribution in [0.3, 0.4) is 0 Å². The summed E-state index contributed by atoms with van der Waals surface area (Å²) in [4.78, 5) is 16.4. The second kappa shape index (κ2) is 7.90. The molecule has 6 nitrogen and oxygen atoms in total. The first-order valence-electron chi connectivity index (χ1n) is 7.94. The number of hydrogen-bond acceptors (Lipinski definition) is 4. The van der Waals surface area contributed by atoms with Gasteiger partial charge < -0.3 is 4.90 Å². The molecule has 0 aliphatic carbocycles. The number of rotatable bonds is 6. The molecular formula is C16H25N3O3S. The molecule has 0 spiro atoms. The first-order valence-corrected chi connectivity index (χ1v) is 9.83. The molecule has 0 unspecified atom stereocenters. The minimum atomic E-state index is -3.16. The van der Waals surface area contributed by atoms with Gasteiger partial charge in [-0.1, -0.05) is 18.2 Å². The van der Waals surface area contributed by atoms with Crippen LogP contribution in [0.2, 0.25) is 0 Å². The Hall–Kier alpha value is -1.44. The van der Waals surface area contributed by atoms with Crippen LogP contribution >= 0.6 is 0 Å². The van der Waals surface area contributed by atoms with E-state index in [2.05, 4.69) is 9.62 Å². The summed E-state index contributed by atoms with van der Waals surface area (Å²) in [5, 5.41) is 0. The van der Waals surface area contributed by atoms with E-state index in [0.717, 1.165) is 31.6 Å². The molecule has 1 amide bonds. The standard InChI is InChI=1S/C16H25N3O3S/c1-3-19(15-7-5-4-6-8-15)16(20)13-18-11-9-14(10-12-18)17-23(2,21)22/h4-8,14,17H,3,9-13H2,1-2H3. The van der Waals surface area contributed by atoms with Crippen LogP contribution in [-0.2, 0) is 14.8 Å². The summed E-state index contributed by atoms with van der Waals surface area (Å²) in [6, 6.07) is 9.63. The van der Waals surface area contributed by atoms with Gasteiger partial charge in [0.05, 0.1) is 12.8 Å². The molecule has 1 heterocycles. The summed E-state index contributed by atoms with van der Waals surface area (Å²) in [5.41, 5.74) is 0.911. The molecule has 1 aliphatic rings. The number of hydrogen-bond donors (Lipinski definition) is 1. The Morgan fingerprint density at radius 1 is 1.26 bits per heavy atom. The normalized spacial score (nSPS) is 17.1. The number of benzene rings is 1. The Bertz CT molecular complexity index is 611. The number of para-hydroxylation sites is 1. The van der Waals surface area contributed by atoms with Crippen molar-refractivity contribution in [3.63, 3.8) is 0 Å². The monoisotopic (exact) mass is 339 g/mol. The summed E-state index contributed by atoms with van der Waals surface area (Å²) >= 11 is 0. The van der Waals surface area contributed by atoms with Crippen molar-refractivity contribution in [2.75, 3.05) is 37.3 Å². The lowest BCUT2D eigenvalue weighted by Gasteiger charge is -2.33. The Labute approximate surface area is 138 Å². The van der Waals surface area contributed by atoms with E-state index in [-0.39, 0.29) is 11.9 Å². The molecule has 0 atom stereocenters. The molecule has 0 bridgehead atoms. The molecule has 1 aromatic carbocycles. The molecule has 1 fully saturated rings. The summed E-state index contributed by atoms with van der Waals surface area (Å²) < 4.78 is 25.2. The second-order valence-corrected chi connectivity index (χ2v) is 7.69. The molecule has 1 N–H and O–H groups in total. The van der Waals surface area contributed by atoms with Crippen molar-refractivity contribution in [1.82, 2.24) is 9.62 Å². The summed E-state index contributed by atoms with van der Waals surface area (Å²) in [6.07, 6.45) is 2.65. The van der Waals surface area contributed by atoms with E-state index in [1.54, 1.807) is 4.90 Å². The third-order valence-electron chi connectivity index (χ3n) is 4.01.